The molecule has 1 fully saturated rings. The Bertz CT molecular complexity index is 913. The van der Waals surface area contributed by atoms with Gasteiger partial charge in [-0.3, -0.25) is 29.2 Å². The molecular formula is C16H20F3N7O3. The largest absolute Gasteiger partial charge is 0.442 e. The fourth-order valence-corrected chi connectivity index (χ4v) is 3.30. The van der Waals surface area contributed by atoms with Crippen molar-refractivity contribution in [3.05, 3.63) is 39.5 Å². The van der Waals surface area contributed by atoms with Gasteiger partial charge in [-0.2, -0.15) is 23.4 Å². The zero-order chi connectivity index (χ0) is 21.3. The molecule has 1 saturated heterocycles. The molecule has 0 unspecified atom stereocenters. The molecule has 0 bridgehead atoms. The first-order chi connectivity index (χ1) is 13.6. The monoisotopic (exact) mass is 415 g/mol. The molecule has 13 heteroatoms. The van der Waals surface area contributed by atoms with Gasteiger partial charge in [0.2, 0.25) is 11.6 Å². The third-order valence-electron chi connectivity index (χ3n) is 4.80. The second-order valence-corrected chi connectivity index (χ2v) is 6.87. The molecule has 0 aromatic carbocycles. The van der Waals surface area contributed by atoms with Crippen molar-refractivity contribution in [2.24, 2.45) is 7.05 Å². The van der Waals surface area contributed by atoms with Crippen LogP contribution in [0.25, 0.3) is 0 Å². The molecular weight excluding hydrogens is 395 g/mol. The van der Waals surface area contributed by atoms with E-state index in [9.17, 15) is 28.1 Å². The number of halogens is 3. The van der Waals surface area contributed by atoms with Gasteiger partial charge < -0.3 is 4.90 Å². The van der Waals surface area contributed by atoms with Gasteiger partial charge in [-0.05, 0) is 6.92 Å². The van der Waals surface area contributed by atoms with Gasteiger partial charge in [-0.25, -0.2) is 0 Å². The SMILES string of the molecule is Cc1c([N+](=O)[O-])c(C(F)(F)F)nn1CC(=O)N1CCN(Cc2cnn(C)c2)CC1. The summed E-state index contributed by atoms with van der Waals surface area (Å²) in [5.41, 5.74) is -1.96. The van der Waals surface area contributed by atoms with E-state index in [0.717, 1.165) is 17.2 Å². The highest BCUT2D eigenvalue weighted by Gasteiger charge is 2.44. The number of piperazine rings is 1. The molecule has 0 spiro atoms. The number of hydrogen-bond donors (Lipinski definition) is 0. The van der Waals surface area contributed by atoms with Crippen molar-refractivity contribution in [1.29, 1.82) is 0 Å². The molecule has 2 aromatic heterocycles. The highest BCUT2D eigenvalue weighted by atomic mass is 19.4. The van der Waals surface area contributed by atoms with Crippen LogP contribution in [0.3, 0.4) is 0 Å². The summed E-state index contributed by atoms with van der Waals surface area (Å²) in [6.07, 6.45) is -1.30. The molecule has 3 heterocycles. The number of carbonyl (C=O) groups is 1. The highest BCUT2D eigenvalue weighted by molar-refractivity contribution is 5.76. The topological polar surface area (TPSA) is 102 Å². The average Bonchev–Trinajstić information content (AvgIpc) is 3.18. The maximum atomic E-state index is 13.0. The van der Waals surface area contributed by atoms with Gasteiger partial charge in [0.05, 0.1) is 11.1 Å². The van der Waals surface area contributed by atoms with Gasteiger partial charge >= 0.3 is 11.9 Å². The van der Waals surface area contributed by atoms with E-state index in [-0.39, 0.29) is 5.69 Å². The molecule has 1 aliphatic rings. The van der Waals surface area contributed by atoms with Gasteiger partial charge in [0.25, 0.3) is 0 Å². The summed E-state index contributed by atoms with van der Waals surface area (Å²) in [4.78, 5) is 26.1. The second kappa shape index (κ2) is 7.81. The predicted molar refractivity (Wildman–Crippen MR) is 93.7 cm³/mol. The van der Waals surface area contributed by atoms with E-state index in [1.54, 1.807) is 10.9 Å². The third-order valence-corrected chi connectivity index (χ3v) is 4.80. The lowest BCUT2D eigenvalue weighted by molar-refractivity contribution is -0.388. The average molecular weight is 415 g/mol. The Morgan fingerprint density at radius 1 is 1.28 bits per heavy atom. The Balaban J connectivity index is 1.63. The number of amides is 1. The second-order valence-electron chi connectivity index (χ2n) is 6.87. The molecule has 1 aliphatic heterocycles. The zero-order valence-corrected chi connectivity index (χ0v) is 15.9. The zero-order valence-electron chi connectivity index (χ0n) is 15.9. The standard InChI is InChI=1S/C16H20F3N7O3/c1-11-14(26(28)29)15(16(17,18)19)21-25(11)10-13(27)24-5-3-23(4-6-24)9-12-7-20-22(2)8-12/h7-8H,3-6,9-10H2,1-2H3. The molecule has 3 rings (SSSR count). The predicted octanol–water partition coefficient (Wildman–Crippen LogP) is 1.20. The molecule has 158 valence electrons. The normalized spacial score (nSPS) is 15.7. The van der Waals surface area contributed by atoms with Crippen LogP contribution in [0.4, 0.5) is 18.9 Å². The summed E-state index contributed by atoms with van der Waals surface area (Å²) in [5, 5.41) is 18.4. The Labute approximate surface area is 163 Å². The van der Waals surface area contributed by atoms with Gasteiger partial charge in [-0.15, -0.1) is 0 Å². The van der Waals surface area contributed by atoms with Crippen molar-refractivity contribution in [3.8, 4) is 0 Å². The molecule has 0 radical (unpaired) electrons. The van der Waals surface area contributed by atoms with E-state index in [1.807, 2.05) is 13.2 Å². The van der Waals surface area contributed by atoms with Crippen LogP contribution in [-0.4, -0.2) is 66.4 Å². The van der Waals surface area contributed by atoms with Crippen molar-refractivity contribution in [2.45, 2.75) is 26.2 Å². The van der Waals surface area contributed by atoms with Crippen LogP contribution >= 0.6 is 0 Å². The summed E-state index contributed by atoms with van der Waals surface area (Å²) < 4.78 is 41.6. The van der Waals surface area contributed by atoms with Crippen LogP contribution in [0, 0.1) is 17.0 Å². The van der Waals surface area contributed by atoms with Crippen LogP contribution in [-0.2, 0) is 31.1 Å². The summed E-state index contributed by atoms with van der Waals surface area (Å²) in [5.74, 6) is -0.430. The minimum absolute atomic E-state index is 0.300. The lowest BCUT2D eigenvalue weighted by Gasteiger charge is -2.34. The quantitative estimate of drug-likeness (QED) is 0.537. The van der Waals surface area contributed by atoms with Gasteiger partial charge in [0, 0.05) is 51.5 Å². The van der Waals surface area contributed by atoms with Crippen LogP contribution in [0.15, 0.2) is 12.4 Å². The third kappa shape index (κ3) is 4.55. The number of rotatable bonds is 5. The van der Waals surface area contributed by atoms with Crippen LogP contribution in [0.2, 0.25) is 0 Å². The van der Waals surface area contributed by atoms with Crippen LogP contribution < -0.4 is 0 Å². The van der Waals surface area contributed by atoms with E-state index in [1.165, 1.54) is 4.90 Å². The van der Waals surface area contributed by atoms with Crippen molar-refractivity contribution < 1.29 is 22.9 Å². The Hall–Kier alpha value is -2.96. The Morgan fingerprint density at radius 3 is 2.41 bits per heavy atom. The summed E-state index contributed by atoms with van der Waals surface area (Å²) in [6.45, 7) is 3.39. The van der Waals surface area contributed by atoms with E-state index < -0.39 is 34.9 Å². The van der Waals surface area contributed by atoms with Crippen LogP contribution in [0.5, 0.6) is 0 Å². The van der Waals surface area contributed by atoms with Gasteiger partial charge in [-0.1, -0.05) is 0 Å². The fraction of sp³-hybridized carbons (Fsp3) is 0.562. The summed E-state index contributed by atoms with van der Waals surface area (Å²) >= 11 is 0. The van der Waals surface area contributed by atoms with Crippen LogP contribution in [0.1, 0.15) is 17.0 Å². The molecule has 0 N–H and O–H groups in total. The molecule has 2 aromatic rings. The molecule has 1 amide bonds. The smallest absolute Gasteiger partial charge is 0.339 e. The Kier molecular flexibility index (Phi) is 5.59. The van der Waals surface area contributed by atoms with E-state index in [2.05, 4.69) is 15.1 Å². The molecule has 29 heavy (non-hydrogen) atoms. The minimum atomic E-state index is -4.97. The molecule has 0 aliphatic carbocycles. The maximum absolute atomic E-state index is 13.0. The summed E-state index contributed by atoms with van der Waals surface area (Å²) in [7, 11) is 1.83. The first-order valence-corrected chi connectivity index (χ1v) is 8.83. The first-order valence-electron chi connectivity index (χ1n) is 8.83. The van der Waals surface area contributed by atoms with Crippen molar-refractivity contribution in [1.82, 2.24) is 29.4 Å². The Morgan fingerprint density at radius 2 is 1.93 bits per heavy atom. The van der Waals surface area contributed by atoms with Crippen molar-refractivity contribution >= 4 is 11.6 Å². The number of hydrogen-bond acceptors (Lipinski definition) is 6. The van der Waals surface area contributed by atoms with Crippen molar-refractivity contribution in [2.75, 3.05) is 26.2 Å². The minimum Gasteiger partial charge on any atom is -0.339 e. The first kappa shape index (κ1) is 20.8. The number of aromatic nitrogens is 4. The van der Waals surface area contributed by atoms with E-state index in [4.69, 9.17) is 0 Å². The number of nitro groups is 1. The maximum Gasteiger partial charge on any atom is 0.442 e. The number of alkyl halides is 3. The highest BCUT2D eigenvalue weighted by Crippen LogP contribution is 2.36. The van der Waals surface area contributed by atoms with E-state index >= 15 is 0 Å². The van der Waals surface area contributed by atoms with Crippen molar-refractivity contribution in [3.63, 3.8) is 0 Å². The summed E-state index contributed by atoms with van der Waals surface area (Å²) in [6, 6.07) is 0. The lowest BCUT2D eigenvalue weighted by atomic mass is 10.2. The van der Waals surface area contributed by atoms with E-state index in [0.29, 0.717) is 32.7 Å². The number of aryl methyl sites for hydroxylation is 1. The number of carbonyl (C=O) groups excluding carboxylic acids is 1. The molecule has 0 saturated carbocycles. The lowest BCUT2D eigenvalue weighted by Crippen LogP contribution is -2.49. The number of nitrogens with zero attached hydrogens (tertiary/aromatic N) is 7. The molecule has 0 atom stereocenters. The molecule has 10 nitrogen and oxygen atoms in total. The van der Waals surface area contributed by atoms with Gasteiger partial charge in [0.1, 0.15) is 12.2 Å². The van der Waals surface area contributed by atoms with Gasteiger partial charge in [0.15, 0.2) is 0 Å². The fourth-order valence-electron chi connectivity index (χ4n) is 3.30.